The maximum absolute atomic E-state index is 12.3. The Morgan fingerprint density at radius 2 is 1.45 bits per heavy atom. The third kappa shape index (κ3) is 9.55. The van der Waals surface area contributed by atoms with Gasteiger partial charge in [0.2, 0.25) is 10.0 Å². The second kappa shape index (κ2) is 15.2. The van der Waals surface area contributed by atoms with Crippen molar-refractivity contribution in [3.8, 4) is 0 Å². The minimum Gasteiger partial charge on any atom is -0.396 e. The smallest absolute Gasteiger partial charge is 0.239 e. The molecule has 0 aliphatic heterocycles. The Hall–Kier alpha value is -1.72. The van der Waals surface area contributed by atoms with Crippen molar-refractivity contribution in [2.75, 3.05) is 13.2 Å². The van der Waals surface area contributed by atoms with Gasteiger partial charge in [-0.2, -0.15) is 0 Å². The van der Waals surface area contributed by atoms with Crippen molar-refractivity contribution in [2.24, 2.45) is 21.8 Å². The molecule has 0 amide bonds. The molecule has 0 bridgehead atoms. The summed E-state index contributed by atoms with van der Waals surface area (Å²) in [5.74, 6) is 5.17. The van der Waals surface area contributed by atoms with E-state index in [1.165, 1.54) is 0 Å². The molecule has 0 fully saturated rings. The number of unbranched alkanes of at least 4 members (excludes halogenated alkanes) is 4. The molecule has 0 spiro atoms. The molecule has 0 radical (unpaired) electrons. The highest BCUT2D eigenvalue weighted by molar-refractivity contribution is 7.89. The van der Waals surface area contributed by atoms with Crippen LogP contribution in [0.25, 0.3) is 0 Å². The van der Waals surface area contributed by atoms with Crippen molar-refractivity contribution in [3.63, 3.8) is 0 Å². The maximum atomic E-state index is 12.3. The SMILES string of the molecule is CC.NN/N=C(\N)c1c(CCCCCO)ccc(CCCCCO)c1S(N)(=O)=O. The van der Waals surface area contributed by atoms with Crippen LogP contribution in [0.5, 0.6) is 0 Å². The van der Waals surface area contributed by atoms with Gasteiger partial charge in [-0.1, -0.05) is 38.8 Å². The van der Waals surface area contributed by atoms with E-state index in [-0.39, 0.29) is 29.5 Å². The van der Waals surface area contributed by atoms with Crippen LogP contribution in [0.1, 0.15) is 69.1 Å². The van der Waals surface area contributed by atoms with Crippen molar-refractivity contribution in [3.05, 3.63) is 28.8 Å². The first-order valence-electron chi connectivity index (χ1n) is 10.0. The summed E-state index contributed by atoms with van der Waals surface area (Å²) in [4.78, 5) is -0.0253. The van der Waals surface area contributed by atoms with Crippen molar-refractivity contribution in [2.45, 2.75) is 70.1 Å². The Labute approximate surface area is 174 Å². The van der Waals surface area contributed by atoms with Crippen LogP contribution in [0.3, 0.4) is 0 Å². The number of hydrazine groups is 1. The lowest BCUT2D eigenvalue weighted by Crippen LogP contribution is -2.28. The van der Waals surface area contributed by atoms with Crippen LogP contribution >= 0.6 is 0 Å². The zero-order valence-corrected chi connectivity index (χ0v) is 18.3. The molecule has 9 N–H and O–H groups in total. The lowest BCUT2D eigenvalue weighted by Gasteiger charge is -2.17. The second-order valence-electron chi connectivity index (χ2n) is 6.33. The second-order valence-corrected chi connectivity index (χ2v) is 7.83. The van der Waals surface area contributed by atoms with E-state index in [2.05, 4.69) is 10.6 Å². The number of benzene rings is 1. The number of hydrogen-bond acceptors (Lipinski definition) is 7. The minimum atomic E-state index is -4.05. The van der Waals surface area contributed by atoms with E-state index in [4.69, 9.17) is 26.9 Å². The van der Waals surface area contributed by atoms with E-state index < -0.39 is 10.0 Å². The molecule has 0 aromatic heterocycles. The highest BCUT2D eigenvalue weighted by Crippen LogP contribution is 2.26. The summed E-state index contributed by atoms with van der Waals surface area (Å²) in [5.41, 5.74) is 9.65. The van der Waals surface area contributed by atoms with Gasteiger partial charge in [-0.25, -0.2) is 24.9 Å². The van der Waals surface area contributed by atoms with Gasteiger partial charge >= 0.3 is 0 Å². The van der Waals surface area contributed by atoms with Crippen LogP contribution in [0.15, 0.2) is 22.1 Å². The fraction of sp³-hybridized carbons (Fsp3) is 0.632. The zero-order chi connectivity index (χ0) is 22.3. The Bertz CT molecular complexity index is 724. The number of hydrazone groups is 1. The van der Waals surface area contributed by atoms with E-state index in [9.17, 15) is 8.42 Å². The zero-order valence-electron chi connectivity index (χ0n) is 17.5. The van der Waals surface area contributed by atoms with Crippen LogP contribution in [0.4, 0.5) is 0 Å². The lowest BCUT2D eigenvalue weighted by atomic mass is 9.96. The predicted molar refractivity (Wildman–Crippen MR) is 116 cm³/mol. The molecule has 0 saturated carbocycles. The van der Waals surface area contributed by atoms with E-state index in [1.54, 1.807) is 6.07 Å². The number of nitrogens with one attached hydrogen (secondary N) is 1. The summed E-state index contributed by atoms with van der Waals surface area (Å²) in [5, 5.41) is 27.1. The maximum Gasteiger partial charge on any atom is 0.239 e. The Kier molecular flexibility index (Phi) is 14.3. The monoisotopic (exact) mass is 431 g/mol. The third-order valence-corrected chi connectivity index (χ3v) is 5.29. The molecule has 168 valence electrons. The first kappa shape index (κ1) is 27.3. The van der Waals surface area contributed by atoms with Gasteiger partial charge in [0.15, 0.2) is 5.84 Å². The van der Waals surface area contributed by atoms with Crippen molar-refractivity contribution < 1.29 is 18.6 Å². The molecule has 0 unspecified atom stereocenters. The van der Waals surface area contributed by atoms with E-state index in [0.29, 0.717) is 43.2 Å². The molecule has 10 heteroatoms. The average Bonchev–Trinajstić information content (AvgIpc) is 2.69. The van der Waals surface area contributed by atoms with Gasteiger partial charge < -0.3 is 15.9 Å². The topological polar surface area (TPSA) is 177 Å². The number of hydrogen-bond donors (Lipinski definition) is 6. The number of aliphatic hydroxyl groups excluding tert-OH is 2. The van der Waals surface area contributed by atoms with Crippen LogP contribution in [0.2, 0.25) is 0 Å². The molecule has 0 aliphatic carbocycles. The number of nitrogens with two attached hydrogens (primary N) is 3. The number of sulfonamides is 1. The van der Waals surface area contributed by atoms with Crippen LogP contribution in [-0.2, 0) is 22.9 Å². The fourth-order valence-electron chi connectivity index (χ4n) is 3.01. The molecular formula is C19H37N5O4S. The normalized spacial score (nSPS) is 11.7. The quantitative estimate of drug-likeness (QED) is 0.0881. The Morgan fingerprint density at radius 1 is 0.966 bits per heavy atom. The highest BCUT2D eigenvalue weighted by atomic mass is 32.2. The predicted octanol–water partition coefficient (Wildman–Crippen LogP) is 0.854. The fourth-order valence-corrected chi connectivity index (χ4v) is 4.07. The van der Waals surface area contributed by atoms with Gasteiger partial charge in [-0.3, -0.25) is 0 Å². The number of aryl methyl sites for hydroxylation is 2. The largest absolute Gasteiger partial charge is 0.396 e. The molecular weight excluding hydrogens is 394 g/mol. The summed E-state index contributed by atoms with van der Waals surface area (Å²) in [7, 11) is -4.05. The number of nitrogens with zero attached hydrogens (tertiary/aromatic N) is 1. The first-order valence-corrected chi connectivity index (χ1v) is 11.6. The van der Waals surface area contributed by atoms with E-state index in [0.717, 1.165) is 19.3 Å². The number of rotatable bonds is 13. The molecule has 0 heterocycles. The highest BCUT2D eigenvalue weighted by Gasteiger charge is 2.24. The number of amidine groups is 1. The van der Waals surface area contributed by atoms with Crippen molar-refractivity contribution in [1.82, 2.24) is 5.53 Å². The summed E-state index contributed by atoms with van der Waals surface area (Å²) in [6.45, 7) is 4.21. The van der Waals surface area contributed by atoms with E-state index in [1.807, 2.05) is 19.9 Å². The average molecular weight is 432 g/mol. The van der Waals surface area contributed by atoms with Crippen LogP contribution < -0.4 is 22.3 Å². The van der Waals surface area contributed by atoms with Crippen molar-refractivity contribution in [1.29, 1.82) is 0 Å². The summed E-state index contributed by atoms with van der Waals surface area (Å²) < 4.78 is 24.7. The molecule has 1 rings (SSSR count). The third-order valence-electron chi connectivity index (χ3n) is 4.26. The van der Waals surface area contributed by atoms with Gasteiger partial charge in [-0.15, -0.1) is 5.10 Å². The summed E-state index contributed by atoms with van der Waals surface area (Å²) in [6.07, 6.45) is 5.44. The van der Waals surface area contributed by atoms with Gasteiger partial charge in [0.05, 0.1) is 4.90 Å². The van der Waals surface area contributed by atoms with Crippen molar-refractivity contribution >= 4 is 15.9 Å². The van der Waals surface area contributed by atoms with Crippen LogP contribution in [-0.4, -0.2) is 37.7 Å². The molecule has 1 aromatic rings. The molecule has 9 nitrogen and oxygen atoms in total. The molecule has 0 atom stereocenters. The first-order chi connectivity index (χ1) is 13.9. The van der Waals surface area contributed by atoms with Gasteiger partial charge in [0.1, 0.15) is 0 Å². The molecule has 0 aliphatic rings. The number of aliphatic hydroxyl groups is 2. The Morgan fingerprint density at radius 3 is 1.90 bits per heavy atom. The standard InChI is InChI=1S/C17H31N5O4S.C2H6/c18-17(21-22-19)15-13(7-3-1-5-11-23)9-10-14(8-4-2-6-12-24)16(15)27(20,25)26;1-2/h9-10,22-24H,1-8,11-12,19H2,(H2,18,21)(H2,20,25,26);1-2H3. The minimum absolute atomic E-state index is 0.0253. The lowest BCUT2D eigenvalue weighted by molar-refractivity contribution is 0.283. The van der Waals surface area contributed by atoms with Gasteiger partial charge in [0, 0.05) is 18.8 Å². The molecule has 1 aromatic carbocycles. The number of primary sulfonamides is 1. The molecule has 0 saturated heterocycles. The Balaban J connectivity index is 0.00000379. The summed E-state index contributed by atoms with van der Waals surface area (Å²) >= 11 is 0. The van der Waals surface area contributed by atoms with E-state index >= 15 is 0 Å². The van der Waals surface area contributed by atoms with Gasteiger partial charge in [0.25, 0.3) is 0 Å². The van der Waals surface area contributed by atoms with Gasteiger partial charge in [-0.05, 0) is 49.7 Å². The summed E-state index contributed by atoms with van der Waals surface area (Å²) in [6, 6.07) is 3.59. The molecule has 29 heavy (non-hydrogen) atoms. The van der Waals surface area contributed by atoms with Crippen LogP contribution in [0, 0.1) is 0 Å².